The van der Waals surface area contributed by atoms with Crippen LogP contribution in [0.5, 0.6) is 0 Å². The van der Waals surface area contributed by atoms with Crippen molar-refractivity contribution in [2.75, 3.05) is 17.8 Å². The molecular formula is C18H15F4N3O4S. The fourth-order valence-corrected chi connectivity index (χ4v) is 4.08. The summed E-state index contributed by atoms with van der Waals surface area (Å²) in [5.74, 6) is -5.69. The minimum atomic E-state index is -4.82. The van der Waals surface area contributed by atoms with E-state index in [4.69, 9.17) is 5.11 Å². The van der Waals surface area contributed by atoms with Gasteiger partial charge in [0.2, 0.25) is 0 Å². The molecule has 12 heteroatoms. The predicted molar refractivity (Wildman–Crippen MR) is 98.2 cm³/mol. The summed E-state index contributed by atoms with van der Waals surface area (Å²) in [5.41, 5.74) is 0.0876. The highest BCUT2D eigenvalue weighted by atomic mass is 32.2. The summed E-state index contributed by atoms with van der Waals surface area (Å²) < 4.78 is 81.9. The van der Waals surface area contributed by atoms with E-state index in [1.54, 1.807) is 0 Å². The quantitative estimate of drug-likeness (QED) is 0.699. The maximum Gasteiger partial charge on any atom is 0.407 e. The van der Waals surface area contributed by atoms with Crippen molar-refractivity contribution in [3.05, 3.63) is 59.1 Å². The molecule has 0 aliphatic carbocycles. The lowest BCUT2D eigenvalue weighted by atomic mass is 10.0. The first-order valence-corrected chi connectivity index (χ1v) is 10.1. The van der Waals surface area contributed by atoms with Gasteiger partial charge >= 0.3 is 6.09 Å². The summed E-state index contributed by atoms with van der Waals surface area (Å²) in [6.07, 6.45) is -0.826. The van der Waals surface area contributed by atoms with Crippen LogP contribution in [-0.4, -0.2) is 42.6 Å². The van der Waals surface area contributed by atoms with Crippen molar-refractivity contribution in [3.8, 4) is 0 Å². The Balaban J connectivity index is 1.86. The zero-order valence-electron chi connectivity index (χ0n) is 15.2. The van der Waals surface area contributed by atoms with Crippen molar-refractivity contribution in [2.45, 2.75) is 17.7 Å². The zero-order chi connectivity index (χ0) is 22.1. The lowest BCUT2D eigenvalue weighted by Crippen LogP contribution is -2.35. The van der Waals surface area contributed by atoms with Gasteiger partial charge in [-0.25, -0.2) is 35.8 Å². The topological polar surface area (TPSA) is 99.6 Å². The number of carbonyl (C=O) groups is 1. The highest BCUT2D eigenvalue weighted by Gasteiger charge is 2.26. The standard InChI is InChI=1S/C18H15F4N3O4S/c19-11-8-12(20)17(13(21)9-11)30(28,29)24-15-3-1-2-14(23-15)16(22)10-4-6-25(7-5-10)18(26)27/h1-3,8-9H,4-7H2,(H,23,24)(H,26,27). The van der Waals surface area contributed by atoms with E-state index in [9.17, 15) is 30.8 Å². The normalized spacial score (nSPS) is 14.5. The molecule has 2 N–H and O–H groups in total. The Morgan fingerprint density at radius 3 is 2.27 bits per heavy atom. The van der Waals surface area contributed by atoms with Crippen LogP contribution in [0.4, 0.5) is 28.2 Å². The third-order valence-electron chi connectivity index (χ3n) is 4.39. The second-order valence-electron chi connectivity index (χ2n) is 6.40. The number of carboxylic acid groups (broad SMARTS) is 1. The highest BCUT2D eigenvalue weighted by molar-refractivity contribution is 7.92. The number of likely N-dealkylation sites (tertiary alicyclic amines) is 1. The van der Waals surface area contributed by atoms with Crippen molar-refractivity contribution in [3.63, 3.8) is 0 Å². The first-order chi connectivity index (χ1) is 14.1. The Labute approximate surface area is 168 Å². The number of pyridine rings is 1. The number of sulfonamides is 1. The number of aromatic nitrogens is 1. The summed E-state index contributed by atoms with van der Waals surface area (Å²) in [7, 11) is -4.82. The van der Waals surface area contributed by atoms with Gasteiger partial charge in [0.05, 0.1) is 0 Å². The SMILES string of the molecule is O=C(O)N1CCC(=C(F)c2cccc(NS(=O)(=O)c3c(F)cc(F)cc3F)n2)CC1. The second kappa shape index (κ2) is 8.30. The highest BCUT2D eigenvalue weighted by Crippen LogP contribution is 2.28. The molecular weight excluding hydrogens is 430 g/mol. The van der Waals surface area contributed by atoms with Gasteiger partial charge in [0, 0.05) is 25.2 Å². The smallest absolute Gasteiger partial charge is 0.407 e. The lowest BCUT2D eigenvalue weighted by Gasteiger charge is -2.26. The fourth-order valence-electron chi connectivity index (χ4n) is 2.96. The number of hydrogen-bond acceptors (Lipinski definition) is 4. The number of hydrogen-bond donors (Lipinski definition) is 2. The van der Waals surface area contributed by atoms with Crippen LogP contribution < -0.4 is 4.72 Å². The van der Waals surface area contributed by atoms with E-state index in [-0.39, 0.29) is 43.8 Å². The van der Waals surface area contributed by atoms with Crippen molar-refractivity contribution in [2.24, 2.45) is 0 Å². The van der Waals surface area contributed by atoms with Gasteiger partial charge in [-0.1, -0.05) is 6.07 Å². The van der Waals surface area contributed by atoms with Crippen LogP contribution in [0.2, 0.25) is 0 Å². The summed E-state index contributed by atoms with van der Waals surface area (Å²) in [6, 6.07) is 4.13. The van der Waals surface area contributed by atoms with E-state index in [1.807, 2.05) is 4.72 Å². The lowest BCUT2D eigenvalue weighted by molar-refractivity contribution is 0.141. The maximum absolute atomic E-state index is 14.8. The molecule has 1 aromatic carbocycles. The van der Waals surface area contributed by atoms with E-state index in [0.29, 0.717) is 5.57 Å². The van der Waals surface area contributed by atoms with Gasteiger partial charge < -0.3 is 10.0 Å². The molecule has 0 saturated carbocycles. The molecule has 0 unspecified atom stereocenters. The van der Waals surface area contributed by atoms with E-state index in [1.165, 1.54) is 12.1 Å². The minimum Gasteiger partial charge on any atom is -0.465 e. The fraction of sp³-hybridized carbons (Fsp3) is 0.222. The van der Waals surface area contributed by atoms with E-state index >= 15 is 0 Å². The van der Waals surface area contributed by atoms with Crippen LogP contribution in [0.15, 0.2) is 40.8 Å². The van der Waals surface area contributed by atoms with Crippen LogP contribution in [0.25, 0.3) is 5.83 Å². The molecule has 1 amide bonds. The van der Waals surface area contributed by atoms with E-state index in [0.717, 1.165) is 11.0 Å². The first kappa shape index (κ1) is 21.6. The van der Waals surface area contributed by atoms with Gasteiger partial charge in [-0.05, 0) is 30.5 Å². The molecule has 1 aromatic heterocycles. The summed E-state index contributed by atoms with van der Waals surface area (Å²) >= 11 is 0. The van der Waals surface area contributed by atoms with Gasteiger partial charge in [0.15, 0.2) is 4.90 Å². The molecule has 2 aromatic rings. The predicted octanol–water partition coefficient (Wildman–Crippen LogP) is 3.75. The van der Waals surface area contributed by atoms with Crippen LogP contribution in [0, 0.1) is 17.5 Å². The number of benzene rings is 1. The Morgan fingerprint density at radius 1 is 1.10 bits per heavy atom. The molecule has 1 aliphatic rings. The number of piperidine rings is 1. The number of anilines is 1. The largest absolute Gasteiger partial charge is 0.465 e. The molecule has 30 heavy (non-hydrogen) atoms. The number of nitrogens with one attached hydrogen (secondary N) is 1. The molecule has 2 heterocycles. The van der Waals surface area contributed by atoms with Crippen LogP contribution in [-0.2, 0) is 10.0 Å². The van der Waals surface area contributed by atoms with Crippen molar-refractivity contribution in [1.29, 1.82) is 0 Å². The van der Waals surface area contributed by atoms with Gasteiger partial charge in [-0.3, -0.25) is 4.72 Å². The van der Waals surface area contributed by atoms with Crippen molar-refractivity contribution in [1.82, 2.24) is 9.88 Å². The zero-order valence-corrected chi connectivity index (χ0v) is 16.0. The summed E-state index contributed by atoms with van der Waals surface area (Å²) in [5, 5.41) is 8.94. The molecule has 0 spiro atoms. The Hall–Kier alpha value is -3.15. The second-order valence-corrected chi connectivity index (χ2v) is 8.02. The van der Waals surface area contributed by atoms with Crippen LogP contribution in [0.1, 0.15) is 18.5 Å². The van der Waals surface area contributed by atoms with Crippen LogP contribution in [0.3, 0.4) is 0 Å². The average molecular weight is 445 g/mol. The van der Waals surface area contributed by atoms with E-state index in [2.05, 4.69) is 4.98 Å². The summed E-state index contributed by atoms with van der Waals surface area (Å²) in [6.45, 7) is 0.209. The average Bonchev–Trinajstić information content (AvgIpc) is 2.66. The van der Waals surface area contributed by atoms with Crippen molar-refractivity contribution < 1.29 is 35.9 Å². The molecule has 0 atom stereocenters. The van der Waals surface area contributed by atoms with Gasteiger partial charge in [-0.15, -0.1) is 0 Å². The molecule has 1 saturated heterocycles. The Morgan fingerprint density at radius 2 is 1.70 bits per heavy atom. The van der Waals surface area contributed by atoms with Gasteiger partial charge in [-0.2, -0.15) is 0 Å². The monoisotopic (exact) mass is 445 g/mol. The van der Waals surface area contributed by atoms with Crippen LogP contribution >= 0.6 is 0 Å². The minimum absolute atomic E-state index is 0.105. The number of halogens is 4. The number of nitrogens with zero attached hydrogens (tertiary/aromatic N) is 2. The molecule has 1 aliphatic heterocycles. The number of rotatable bonds is 4. The molecule has 7 nitrogen and oxygen atoms in total. The van der Waals surface area contributed by atoms with Gasteiger partial charge in [0.25, 0.3) is 10.0 Å². The molecule has 0 radical (unpaired) electrons. The van der Waals surface area contributed by atoms with Crippen molar-refractivity contribution >= 4 is 27.8 Å². The number of amides is 1. The summed E-state index contributed by atoms with van der Waals surface area (Å²) in [4.78, 5) is 14.5. The van der Waals surface area contributed by atoms with E-state index < -0.39 is 50.1 Å². The third kappa shape index (κ3) is 4.53. The molecule has 1 fully saturated rings. The Kier molecular flexibility index (Phi) is 5.97. The molecule has 160 valence electrons. The molecule has 3 rings (SSSR count). The third-order valence-corrected chi connectivity index (χ3v) is 5.80. The van der Waals surface area contributed by atoms with Gasteiger partial charge in [0.1, 0.15) is 34.8 Å². The molecule has 0 bridgehead atoms. The first-order valence-electron chi connectivity index (χ1n) is 8.58. The maximum atomic E-state index is 14.8. The Bertz CT molecular complexity index is 1100.